The predicted octanol–water partition coefficient (Wildman–Crippen LogP) is 3.89. The first kappa shape index (κ1) is 11.3. The van der Waals surface area contributed by atoms with Gasteiger partial charge >= 0.3 is 0 Å². The Morgan fingerprint density at radius 2 is 1.76 bits per heavy atom. The standard InChI is InChI=1S/C16H23N/c1-2-7-14(8-3-1)13-17-15-9-4-5-10-16(15)11-6-12-16/h1-3,7-8,15,17H,4-6,9-13H2. The van der Waals surface area contributed by atoms with Gasteiger partial charge < -0.3 is 5.32 Å². The lowest BCUT2D eigenvalue weighted by molar-refractivity contribution is 0.0325. The third kappa shape index (κ3) is 2.26. The Morgan fingerprint density at radius 1 is 1.00 bits per heavy atom. The van der Waals surface area contributed by atoms with E-state index in [9.17, 15) is 0 Å². The van der Waals surface area contributed by atoms with Crippen LogP contribution >= 0.6 is 0 Å². The van der Waals surface area contributed by atoms with Gasteiger partial charge in [0, 0.05) is 12.6 Å². The van der Waals surface area contributed by atoms with Crippen LogP contribution in [-0.2, 0) is 6.54 Å². The Morgan fingerprint density at radius 3 is 2.47 bits per heavy atom. The highest BCUT2D eigenvalue weighted by Crippen LogP contribution is 2.51. The molecule has 0 radical (unpaired) electrons. The summed E-state index contributed by atoms with van der Waals surface area (Å²) in [5, 5.41) is 3.83. The average Bonchev–Trinajstić information content (AvgIpc) is 2.36. The highest BCUT2D eigenvalue weighted by Gasteiger charge is 2.44. The van der Waals surface area contributed by atoms with Crippen molar-refractivity contribution in [3.05, 3.63) is 35.9 Å². The minimum atomic E-state index is 0.688. The second-order valence-corrected chi connectivity index (χ2v) is 5.88. The molecule has 0 aliphatic heterocycles. The normalized spacial score (nSPS) is 26.7. The zero-order valence-corrected chi connectivity index (χ0v) is 10.6. The summed E-state index contributed by atoms with van der Waals surface area (Å²) < 4.78 is 0. The van der Waals surface area contributed by atoms with Crippen molar-refractivity contribution in [1.82, 2.24) is 5.32 Å². The minimum absolute atomic E-state index is 0.688. The molecule has 3 rings (SSSR count). The zero-order valence-electron chi connectivity index (χ0n) is 10.6. The van der Waals surface area contributed by atoms with Crippen molar-refractivity contribution in [3.63, 3.8) is 0 Å². The third-order valence-corrected chi connectivity index (χ3v) is 4.90. The summed E-state index contributed by atoms with van der Waals surface area (Å²) in [7, 11) is 0. The molecule has 1 aromatic rings. The summed E-state index contributed by atoms with van der Waals surface area (Å²) >= 11 is 0. The molecule has 1 heteroatoms. The van der Waals surface area contributed by atoms with Crippen molar-refractivity contribution in [2.45, 2.75) is 57.5 Å². The molecule has 1 aromatic carbocycles. The molecule has 2 saturated carbocycles. The molecule has 0 saturated heterocycles. The number of hydrogen-bond donors (Lipinski definition) is 1. The van der Waals surface area contributed by atoms with Gasteiger partial charge in [0.05, 0.1) is 0 Å². The van der Waals surface area contributed by atoms with Crippen molar-refractivity contribution in [2.75, 3.05) is 0 Å². The largest absolute Gasteiger partial charge is 0.309 e. The van der Waals surface area contributed by atoms with E-state index in [1.807, 2.05) is 0 Å². The van der Waals surface area contributed by atoms with Gasteiger partial charge in [-0.05, 0) is 36.7 Å². The second kappa shape index (κ2) is 4.81. The van der Waals surface area contributed by atoms with Gasteiger partial charge in [-0.1, -0.05) is 49.6 Å². The van der Waals surface area contributed by atoms with E-state index in [2.05, 4.69) is 35.6 Å². The monoisotopic (exact) mass is 229 g/mol. The molecule has 1 unspecified atom stereocenters. The molecule has 2 aliphatic rings. The molecule has 0 aromatic heterocycles. The second-order valence-electron chi connectivity index (χ2n) is 5.88. The van der Waals surface area contributed by atoms with Crippen LogP contribution in [0.2, 0.25) is 0 Å². The topological polar surface area (TPSA) is 12.0 Å². The average molecular weight is 229 g/mol. The van der Waals surface area contributed by atoms with Crippen LogP contribution in [0.5, 0.6) is 0 Å². The van der Waals surface area contributed by atoms with Crippen LogP contribution in [0.25, 0.3) is 0 Å². The van der Waals surface area contributed by atoms with Crippen LogP contribution in [0, 0.1) is 5.41 Å². The number of hydrogen-bond acceptors (Lipinski definition) is 1. The SMILES string of the molecule is c1ccc(CNC2CCCCC23CCC3)cc1. The van der Waals surface area contributed by atoms with E-state index in [1.54, 1.807) is 0 Å². The van der Waals surface area contributed by atoms with Gasteiger partial charge in [0.1, 0.15) is 0 Å². The molecule has 17 heavy (non-hydrogen) atoms. The van der Waals surface area contributed by atoms with E-state index in [4.69, 9.17) is 0 Å². The summed E-state index contributed by atoms with van der Waals surface area (Å²) in [4.78, 5) is 0. The quantitative estimate of drug-likeness (QED) is 0.829. The maximum absolute atomic E-state index is 3.83. The molecule has 2 aliphatic carbocycles. The van der Waals surface area contributed by atoms with Gasteiger partial charge in [0.25, 0.3) is 0 Å². The lowest BCUT2D eigenvalue weighted by Gasteiger charge is -2.51. The molecule has 0 heterocycles. The lowest BCUT2D eigenvalue weighted by atomic mass is 9.58. The molecular formula is C16H23N. The maximum atomic E-state index is 3.83. The summed E-state index contributed by atoms with van der Waals surface area (Å²) in [5.41, 5.74) is 2.11. The molecule has 2 fully saturated rings. The van der Waals surface area contributed by atoms with E-state index in [0.717, 1.165) is 12.6 Å². The Bertz CT molecular complexity index is 353. The van der Waals surface area contributed by atoms with E-state index < -0.39 is 0 Å². The van der Waals surface area contributed by atoms with Crippen LogP contribution in [0.3, 0.4) is 0 Å². The fourth-order valence-electron chi connectivity index (χ4n) is 3.69. The van der Waals surface area contributed by atoms with Gasteiger partial charge in [0.15, 0.2) is 0 Å². The molecule has 0 amide bonds. The van der Waals surface area contributed by atoms with Crippen LogP contribution < -0.4 is 5.32 Å². The Balaban J connectivity index is 1.60. The zero-order chi connectivity index (χ0) is 11.6. The number of rotatable bonds is 3. The van der Waals surface area contributed by atoms with Crippen molar-refractivity contribution < 1.29 is 0 Å². The lowest BCUT2D eigenvalue weighted by Crippen LogP contribution is -2.51. The fraction of sp³-hybridized carbons (Fsp3) is 0.625. The number of benzene rings is 1. The Labute approximate surface area is 105 Å². The smallest absolute Gasteiger partial charge is 0.0208 e. The van der Waals surface area contributed by atoms with Gasteiger partial charge in [-0.3, -0.25) is 0 Å². The van der Waals surface area contributed by atoms with Crippen molar-refractivity contribution in [2.24, 2.45) is 5.41 Å². The molecule has 0 bridgehead atoms. The highest BCUT2D eigenvalue weighted by atomic mass is 14.9. The van der Waals surface area contributed by atoms with Gasteiger partial charge in [0.2, 0.25) is 0 Å². The van der Waals surface area contributed by atoms with Gasteiger partial charge in [-0.15, -0.1) is 0 Å². The van der Waals surface area contributed by atoms with E-state index in [1.165, 1.54) is 50.5 Å². The summed E-state index contributed by atoms with van der Waals surface area (Å²) in [5.74, 6) is 0. The molecule has 1 N–H and O–H groups in total. The van der Waals surface area contributed by atoms with E-state index in [0.29, 0.717) is 5.41 Å². The minimum Gasteiger partial charge on any atom is -0.309 e. The third-order valence-electron chi connectivity index (χ3n) is 4.90. The van der Waals surface area contributed by atoms with Crippen molar-refractivity contribution >= 4 is 0 Å². The molecule has 92 valence electrons. The Kier molecular flexibility index (Phi) is 3.19. The van der Waals surface area contributed by atoms with E-state index >= 15 is 0 Å². The first-order valence-electron chi connectivity index (χ1n) is 7.16. The van der Waals surface area contributed by atoms with Gasteiger partial charge in [-0.25, -0.2) is 0 Å². The molecule has 1 atom stereocenters. The van der Waals surface area contributed by atoms with Crippen LogP contribution in [-0.4, -0.2) is 6.04 Å². The predicted molar refractivity (Wildman–Crippen MR) is 71.8 cm³/mol. The summed E-state index contributed by atoms with van der Waals surface area (Å²) in [6.07, 6.45) is 10.2. The maximum Gasteiger partial charge on any atom is 0.0208 e. The molecule has 1 spiro atoms. The highest BCUT2D eigenvalue weighted by molar-refractivity contribution is 5.14. The molecule has 1 nitrogen and oxygen atoms in total. The van der Waals surface area contributed by atoms with Crippen molar-refractivity contribution in [1.29, 1.82) is 0 Å². The van der Waals surface area contributed by atoms with E-state index in [-0.39, 0.29) is 0 Å². The summed E-state index contributed by atoms with van der Waals surface area (Å²) in [6.45, 7) is 1.05. The Hall–Kier alpha value is -0.820. The van der Waals surface area contributed by atoms with Crippen LogP contribution in [0.15, 0.2) is 30.3 Å². The number of nitrogens with one attached hydrogen (secondary N) is 1. The first-order chi connectivity index (χ1) is 8.39. The van der Waals surface area contributed by atoms with Gasteiger partial charge in [-0.2, -0.15) is 0 Å². The molecular weight excluding hydrogens is 206 g/mol. The van der Waals surface area contributed by atoms with Crippen LogP contribution in [0.1, 0.15) is 50.5 Å². The summed E-state index contributed by atoms with van der Waals surface area (Å²) in [6, 6.07) is 11.6. The van der Waals surface area contributed by atoms with Crippen LogP contribution in [0.4, 0.5) is 0 Å². The fourth-order valence-corrected chi connectivity index (χ4v) is 3.69. The first-order valence-corrected chi connectivity index (χ1v) is 7.16. The van der Waals surface area contributed by atoms with Crippen molar-refractivity contribution in [3.8, 4) is 0 Å².